The van der Waals surface area contributed by atoms with Gasteiger partial charge in [-0.2, -0.15) is 9.78 Å². The number of phenolic OH excluding ortho intramolecular Hbond substituents is 1. The molecule has 0 aliphatic carbocycles. The van der Waals surface area contributed by atoms with Gasteiger partial charge in [0.15, 0.2) is 0 Å². The van der Waals surface area contributed by atoms with E-state index in [0.29, 0.717) is 0 Å². The number of carbonyl (C=O) groups is 1. The summed E-state index contributed by atoms with van der Waals surface area (Å²) in [5.74, 6) is -1.07. The van der Waals surface area contributed by atoms with Crippen LogP contribution in [0.3, 0.4) is 0 Å². The van der Waals surface area contributed by atoms with E-state index in [2.05, 4.69) is 5.10 Å². The predicted octanol–water partition coefficient (Wildman–Crippen LogP) is 3.83. The molecule has 2 aromatic rings. The predicted molar refractivity (Wildman–Crippen MR) is 75.9 cm³/mol. The molecule has 0 saturated carbocycles. The minimum Gasteiger partial charge on any atom is -0.507 e. The highest BCUT2D eigenvalue weighted by atomic mass is 35.5. The lowest BCUT2D eigenvalue weighted by Crippen LogP contribution is -2.16. The number of ether oxygens (including phenoxy) is 1. The number of unbranched alkanes of at least 4 members (excludes halogenated alkanes) is 1. The maximum Gasteiger partial charge on any atom is 0.435 e. The van der Waals surface area contributed by atoms with Gasteiger partial charge in [0.2, 0.25) is 0 Å². The molecular formula is C14H14ClFN2O3. The van der Waals surface area contributed by atoms with Crippen LogP contribution in [0.5, 0.6) is 5.75 Å². The van der Waals surface area contributed by atoms with E-state index in [1.54, 1.807) is 0 Å². The first-order valence-corrected chi connectivity index (χ1v) is 6.82. The summed E-state index contributed by atoms with van der Waals surface area (Å²) in [5, 5.41) is 13.5. The molecule has 5 nitrogen and oxygen atoms in total. The summed E-state index contributed by atoms with van der Waals surface area (Å²) >= 11 is 5.71. The van der Waals surface area contributed by atoms with E-state index in [1.165, 1.54) is 18.3 Å². The molecule has 0 bridgehead atoms. The first-order valence-electron chi connectivity index (χ1n) is 6.44. The molecule has 0 spiro atoms. The molecular weight excluding hydrogens is 299 g/mol. The number of nitrogens with zero attached hydrogens (tertiary/aromatic N) is 2. The van der Waals surface area contributed by atoms with E-state index >= 15 is 0 Å². The van der Waals surface area contributed by atoms with Gasteiger partial charge < -0.3 is 9.84 Å². The molecule has 0 fully saturated rings. The Hall–Kier alpha value is -2.08. The highest BCUT2D eigenvalue weighted by molar-refractivity contribution is 6.31. The number of aromatic hydroxyl groups is 1. The van der Waals surface area contributed by atoms with Gasteiger partial charge in [0.25, 0.3) is 0 Å². The van der Waals surface area contributed by atoms with Crippen LogP contribution in [0.1, 0.15) is 19.8 Å². The Bertz CT molecular complexity index is 658. The number of benzene rings is 1. The van der Waals surface area contributed by atoms with Gasteiger partial charge in [-0.1, -0.05) is 24.9 Å². The van der Waals surface area contributed by atoms with Gasteiger partial charge in [0, 0.05) is 11.6 Å². The van der Waals surface area contributed by atoms with Gasteiger partial charge in [0.1, 0.15) is 11.6 Å². The number of rotatable bonds is 4. The van der Waals surface area contributed by atoms with Crippen molar-refractivity contribution in [1.29, 1.82) is 0 Å². The fourth-order valence-electron chi connectivity index (χ4n) is 1.76. The van der Waals surface area contributed by atoms with Crippen molar-refractivity contribution in [3.8, 4) is 17.0 Å². The fourth-order valence-corrected chi connectivity index (χ4v) is 1.92. The van der Waals surface area contributed by atoms with Crippen LogP contribution in [0.4, 0.5) is 9.18 Å². The van der Waals surface area contributed by atoms with Crippen molar-refractivity contribution in [2.75, 3.05) is 6.61 Å². The summed E-state index contributed by atoms with van der Waals surface area (Å²) in [6.07, 6.45) is 2.36. The Balaban J connectivity index is 2.32. The molecule has 0 saturated heterocycles. The van der Waals surface area contributed by atoms with Crippen LogP contribution in [0.25, 0.3) is 11.3 Å². The molecule has 1 heterocycles. The number of hydrogen-bond donors (Lipinski definition) is 1. The molecule has 0 aliphatic heterocycles. The van der Waals surface area contributed by atoms with E-state index in [4.69, 9.17) is 16.3 Å². The second kappa shape index (κ2) is 6.58. The summed E-state index contributed by atoms with van der Waals surface area (Å²) in [7, 11) is 0. The molecule has 0 aliphatic rings. The highest BCUT2D eigenvalue weighted by Crippen LogP contribution is 2.33. The van der Waals surface area contributed by atoms with E-state index in [0.717, 1.165) is 23.6 Å². The van der Waals surface area contributed by atoms with E-state index in [9.17, 15) is 14.3 Å². The Morgan fingerprint density at radius 1 is 1.52 bits per heavy atom. The van der Waals surface area contributed by atoms with Crippen LogP contribution in [0.2, 0.25) is 5.02 Å². The van der Waals surface area contributed by atoms with Crippen LogP contribution < -0.4 is 0 Å². The fraction of sp³-hybridized carbons (Fsp3) is 0.286. The Kier molecular flexibility index (Phi) is 4.80. The van der Waals surface area contributed by atoms with Crippen molar-refractivity contribution < 1.29 is 19.0 Å². The lowest BCUT2D eigenvalue weighted by Gasteiger charge is -2.09. The second-order valence-electron chi connectivity index (χ2n) is 4.38. The minimum absolute atomic E-state index is 0.157. The standard InChI is InChI=1S/C14H14ClFN2O3/c1-2-3-6-21-14(20)18-12(4-5-17-18)9-7-10(15)11(16)8-13(9)19/h4-5,7-8,19H,2-3,6H2,1H3. The number of aromatic nitrogens is 2. The molecule has 1 aromatic carbocycles. The molecule has 1 N–H and O–H groups in total. The van der Waals surface area contributed by atoms with Crippen molar-refractivity contribution in [1.82, 2.24) is 9.78 Å². The number of carbonyl (C=O) groups excluding carboxylic acids is 1. The zero-order valence-corrected chi connectivity index (χ0v) is 12.1. The van der Waals surface area contributed by atoms with Crippen LogP contribution in [-0.4, -0.2) is 27.6 Å². The molecule has 0 amide bonds. The zero-order valence-electron chi connectivity index (χ0n) is 11.3. The number of halogens is 2. The highest BCUT2D eigenvalue weighted by Gasteiger charge is 2.18. The van der Waals surface area contributed by atoms with Crippen molar-refractivity contribution in [3.63, 3.8) is 0 Å². The van der Waals surface area contributed by atoms with Crippen molar-refractivity contribution >= 4 is 17.7 Å². The maximum absolute atomic E-state index is 13.3. The van der Waals surface area contributed by atoms with E-state index in [-0.39, 0.29) is 28.6 Å². The number of hydrogen-bond acceptors (Lipinski definition) is 4. The third-order valence-electron chi connectivity index (χ3n) is 2.85. The molecule has 0 unspecified atom stereocenters. The maximum atomic E-state index is 13.3. The van der Waals surface area contributed by atoms with Crippen molar-refractivity contribution in [3.05, 3.63) is 35.2 Å². The lowest BCUT2D eigenvalue weighted by atomic mass is 10.1. The largest absolute Gasteiger partial charge is 0.507 e. The first-order chi connectivity index (χ1) is 10.0. The molecule has 112 valence electrons. The van der Waals surface area contributed by atoms with Crippen LogP contribution in [0.15, 0.2) is 24.4 Å². The Morgan fingerprint density at radius 3 is 3.00 bits per heavy atom. The first kappa shape index (κ1) is 15.3. The normalized spacial score (nSPS) is 10.6. The average molecular weight is 313 g/mol. The van der Waals surface area contributed by atoms with Crippen LogP contribution in [0, 0.1) is 5.82 Å². The summed E-state index contributed by atoms with van der Waals surface area (Å²) in [4.78, 5) is 11.9. The zero-order chi connectivity index (χ0) is 15.4. The topological polar surface area (TPSA) is 64.4 Å². The molecule has 1 aromatic heterocycles. The van der Waals surface area contributed by atoms with Gasteiger partial charge in [-0.25, -0.2) is 9.18 Å². The number of phenols is 1. The summed E-state index contributed by atoms with van der Waals surface area (Å²) in [6.45, 7) is 2.26. The van der Waals surface area contributed by atoms with Crippen molar-refractivity contribution in [2.45, 2.75) is 19.8 Å². The monoisotopic (exact) mass is 312 g/mol. The molecule has 2 rings (SSSR count). The van der Waals surface area contributed by atoms with Gasteiger partial charge in [-0.3, -0.25) is 0 Å². The quantitative estimate of drug-likeness (QED) is 0.871. The van der Waals surface area contributed by atoms with Crippen molar-refractivity contribution in [2.24, 2.45) is 0 Å². The van der Waals surface area contributed by atoms with Gasteiger partial charge in [-0.15, -0.1) is 0 Å². The van der Waals surface area contributed by atoms with Crippen LogP contribution in [-0.2, 0) is 4.74 Å². The van der Waals surface area contributed by atoms with Gasteiger partial charge in [0.05, 0.1) is 23.5 Å². The smallest absolute Gasteiger partial charge is 0.435 e. The summed E-state index contributed by atoms with van der Waals surface area (Å²) in [6, 6.07) is 3.63. The Morgan fingerprint density at radius 2 is 2.29 bits per heavy atom. The Labute approximate surface area is 125 Å². The molecule has 0 radical (unpaired) electrons. The lowest BCUT2D eigenvalue weighted by molar-refractivity contribution is 0.143. The summed E-state index contributed by atoms with van der Waals surface area (Å²) in [5.41, 5.74) is 0.474. The van der Waals surface area contributed by atoms with Gasteiger partial charge >= 0.3 is 6.09 Å². The molecule has 21 heavy (non-hydrogen) atoms. The van der Waals surface area contributed by atoms with E-state index < -0.39 is 11.9 Å². The summed E-state index contributed by atoms with van der Waals surface area (Å²) < 4.78 is 19.3. The third-order valence-corrected chi connectivity index (χ3v) is 3.14. The SMILES string of the molecule is CCCCOC(=O)n1nccc1-c1cc(Cl)c(F)cc1O. The minimum atomic E-state index is -0.741. The van der Waals surface area contributed by atoms with E-state index in [1.807, 2.05) is 6.92 Å². The van der Waals surface area contributed by atoms with Gasteiger partial charge in [-0.05, 0) is 18.6 Å². The second-order valence-corrected chi connectivity index (χ2v) is 4.79. The average Bonchev–Trinajstić information content (AvgIpc) is 2.92. The third kappa shape index (κ3) is 3.33. The molecule has 7 heteroatoms. The molecule has 0 atom stereocenters. The van der Waals surface area contributed by atoms with Crippen LogP contribution >= 0.6 is 11.6 Å².